The van der Waals surface area contributed by atoms with Crippen molar-refractivity contribution in [2.24, 2.45) is 5.92 Å². The minimum atomic E-state index is -0.578. The number of hydrogen-bond donors (Lipinski definition) is 2. The van der Waals surface area contributed by atoms with Crippen LogP contribution in [0.3, 0.4) is 0 Å². The van der Waals surface area contributed by atoms with Crippen LogP contribution in [0.1, 0.15) is 50.5 Å². The fourth-order valence-electron chi connectivity index (χ4n) is 4.01. The monoisotopic (exact) mass is 330 g/mol. The number of rotatable bonds is 2. The van der Waals surface area contributed by atoms with E-state index in [1.54, 1.807) is 6.07 Å². The molecule has 1 aromatic rings. The van der Waals surface area contributed by atoms with E-state index in [-0.39, 0.29) is 6.04 Å². The quantitative estimate of drug-likeness (QED) is 0.815. The third-order valence-electron chi connectivity index (χ3n) is 5.32. The van der Waals surface area contributed by atoms with E-state index in [1.165, 1.54) is 31.9 Å². The number of carbonyl (C=O) groups excluding carboxylic acids is 2. The van der Waals surface area contributed by atoms with Crippen LogP contribution in [0.4, 0.5) is 11.5 Å². The van der Waals surface area contributed by atoms with Gasteiger partial charge in [0.25, 0.3) is 0 Å². The number of aromatic nitrogens is 1. The van der Waals surface area contributed by atoms with Crippen LogP contribution in [0.2, 0.25) is 0 Å². The van der Waals surface area contributed by atoms with Crippen molar-refractivity contribution in [3.8, 4) is 0 Å². The molecule has 1 atom stereocenters. The maximum Gasteiger partial charge on any atom is 0.313 e. The van der Waals surface area contributed by atoms with Crippen molar-refractivity contribution >= 4 is 23.3 Å². The first-order valence-corrected chi connectivity index (χ1v) is 8.90. The highest BCUT2D eigenvalue weighted by Crippen LogP contribution is 2.34. The molecular formula is C18H26N4O2. The third-order valence-corrected chi connectivity index (χ3v) is 5.32. The smallest absolute Gasteiger partial charge is 0.313 e. The van der Waals surface area contributed by atoms with Gasteiger partial charge in [-0.2, -0.15) is 0 Å². The van der Waals surface area contributed by atoms with E-state index >= 15 is 0 Å². The molecule has 1 saturated carbocycles. The molecule has 0 aromatic carbocycles. The summed E-state index contributed by atoms with van der Waals surface area (Å²) in [4.78, 5) is 30.9. The summed E-state index contributed by atoms with van der Waals surface area (Å²) in [5, 5.41) is 2.67. The van der Waals surface area contributed by atoms with Crippen molar-refractivity contribution in [3.63, 3.8) is 0 Å². The molecule has 0 bridgehead atoms. The molecule has 1 aliphatic heterocycles. The Labute approximate surface area is 142 Å². The van der Waals surface area contributed by atoms with E-state index in [4.69, 9.17) is 5.73 Å². The number of nitrogens with two attached hydrogens (primary N) is 1. The van der Waals surface area contributed by atoms with Gasteiger partial charge in [-0.25, -0.2) is 4.98 Å². The predicted octanol–water partition coefficient (Wildman–Crippen LogP) is 2.48. The van der Waals surface area contributed by atoms with Crippen molar-refractivity contribution in [1.82, 2.24) is 9.88 Å². The lowest BCUT2D eigenvalue weighted by atomic mass is 9.89. The van der Waals surface area contributed by atoms with Gasteiger partial charge in [-0.3, -0.25) is 9.59 Å². The topological polar surface area (TPSA) is 88.3 Å². The number of carbonyl (C=O) groups is 2. The van der Waals surface area contributed by atoms with Crippen LogP contribution in [0.5, 0.6) is 0 Å². The number of anilines is 2. The zero-order chi connectivity index (χ0) is 17.1. The summed E-state index contributed by atoms with van der Waals surface area (Å²) in [5.74, 6) is -0.00825. The fourth-order valence-corrected chi connectivity index (χ4v) is 4.01. The summed E-state index contributed by atoms with van der Waals surface area (Å²) in [5.41, 5.74) is 6.97. The molecule has 6 heteroatoms. The number of piperidine rings is 1. The van der Waals surface area contributed by atoms with Crippen LogP contribution in [0, 0.1) is 12.8 Å². The van der Waals surface area contributed by atoms with Crippen LogP contribution >= 0.6 is 0 Å². The Morgan fingerprint density at radius 2 is 1.92 bits per heavy atom. The Morgan fingerprint density at radius 3 is 2.62 bits per heavy atom. The van der Waals surface area contributed by atoms with Gasteiger partial charge in [-0.05, 0) is 56.6 Å². The van der Waals surface area contributed by atoms with Gasteiger partial charge in [0.15, 0.2) is 0 Å². The van der Waals surface area contributed by atoms with Crippen molar-refractivity contribution in [3.05, 3.63) is 17.8 Å². The predicted molar refractivity (Wildman–Crippen MR) is 93.3 cm³/mol. The summed E-state index contributed by atoms with van der Waals surface area (Å²) in [6.07, 6.45) is 9.47. The Bertz CT molecular complexity index is 625. The normalized spacial score (nSPS) is 21.7. The van der Waals surface area contributed by atoms with Crippen molar-refractivity contribution in [2.75, 3.05) is 17.6 Å². The Kier molecular flexibility index (Phi) is 5.02. The largest absolute Gasteiger partial charge is 0.383 e. The molecule has 24 heavy (non-hydrogen) atoms. The number of amides is 2. The molecule has 0 unspecified atom stereocenters. The van der Waals surface area contributed by atoms with E-state index < -0.39 is 11.8 Å². The van der Waals surface area contributed by atoms with Gasteiger partial charge in [0.1, 0.15) is 5.82 Å². The van der Waals surface area contributed by atoms with Crippen molar-refractivity contribution in [2.45, 2.75) is 57.9 Å². The average Bonchev–Trinajstić information content (AvgIpc) is 3.12. The first kappa shape index (κ1) is 16.7. The van der Waals surface area contributed by atoms with Gasteiger partial charge in [-0.1, -0.05) is 12.8 Å². The Morgan fingerprint density at radius 1 is 1.21 bits per heavy atom. The molecule has 2 heterocycles. The number of pyridine rings is 1. The van der Waals surface area contributed by atoms with Crippen LogP contribution in [0.15, 0.2) is 12.3 Å². The van der Waals surface area contributed by atoms with E-state index in [0.717, 1.165) is 24.8 Å². The molecule has 0 radical (unpaired) electrons. The second-order valence-corrected chi connectivity index (χ2v) is 6.99. The molecule has 1 aromatic heterocycles. The molecule has 3 rings (SSSR count). The second-order valence-electron chi connectivity index (χ2n) is 6.99. The highest BCUT2D eigenvalue weighted by atomic mass is 16.2. The van der Waals surface area contributed by atoms with Crippen LogP contribution in [-0.4, -0.2) is 34.3 Å². The SMILES string of the molecule is Cc1cc(NC(=O)C(=O)N2CCCC[C@H]2C2CCCC2)cnc1N. The molecule has 2 aliphatic rings. The van der Waals surface area contributed by atoms with Crippen LogP contribution < -0.4 is 11.1 Å². The summed E-state index contributed by atoms with van der Waals surface area (Å²) < 4.78 is 0. The number of hydrogen-bond acceptors (Lipinski definition) is 4. The minimum absolute atomic E-state index is 0.228. The van der Waals surface area contributed by atoms with Gasteiger partial charge in [0, 0.05) is 12.6 Å². The lowest BCUT2D eigenvalue weighted by molar-refractivity contribution is -0.146. The van der Waals surface area contributed by atoms with E-state index in [2.05, 4.69) is 10.3 Å². The molecule has 2 fully saturated rings. The molecule has 3 N–H and O–H groups in total. The summed E-state index contributed by atoms with van der Waals surface area (Å²) >= 11 is 0. The zero-order valence-electron chi connectivity index (χ0n) is 14.3. The summed E-state index contributed by atoms with van der Waals surface area (Å²) in [6.45, 7) is 2.51. The second kappa shape index (κ2) is 7.20. The maximum absolute atomic E-state index is 12.7. The third kappa shape index (κ3) is 3.52. The maximum atomic E-state index is 12.7. The average molecular weight is 330 g/mol. The fraction of sp³-hybridized carbons (Fsp3) is 0.611. The Hall–Kier alpha value is -2.11. The summed E-state index contributed by atoms with van der Waals surface area (Å²) in [6, 6.07) is 1.96. The first-order valence-electron chi connectivity index (χ1n) is 8.90. The molecule has 130 valence electrons. The van der Waals surface area contributed by atoms with Gasteiger partial charge < -0.3 is 16.0 Å². The number of aryl methyl sites for hydroxylation is 1. The van der Waals surface area contributed by atoms with Gasteiger partial charge in [0.05, 0.1) is 11.9 Å². The highest BCUT2D eigenvalue weighted by molar-refractivity contribution is 6.39. The Balaban J connectivity index is 1.68. The number of likely N-dealkylation sites (tertiary alicyclic amines) is 1. The number of nitrogens with one attached hydrogen (secondary N) is 1. The molecule has 1 aliphatic carbocycles. The number of nitrogens with zero attached hydrogens (tertiary/aromatic N) is 2. The standard InChI is InChI=1S/C18H26N4O2/c1-12-10-14(11-20-16(12)19)21-17(23)18(24)22-9-5-4-8-15(22)13-6-2-3-7-13/h10-11,13,15H,2-9H2,1H3,(H2,19,20)(H,21,23)/t15-/m0/s1. The number of nitrogen functional groups attached to an aromatic ring is 1. The van der Waals surface area contributed by atoms with E-state index in [0.29, 0.717) is 24.0 Å². The highest BCUT2D eigenvalue weighted by Gasteiger charge is 2.36. The first-order chi connectivity index (χ1) is 11.6. The molecule has 2 amide bonds. The summed E-state index contributed by atoms with van der Waals surface area (Å²) in [7, 11) is 0. The molecule has 0 spiro atoms. The minimum Gasteiger partial charge on any atom is -0.383 e. The van der Waals surface area contributed by atoms with Gasteiger partial charge >= 0.3 is 11.8 Å². The van der Waals surface area contributed by atoms with Gasteiger partial charge in [-0.15, -0.1) is 0 Å². The lowest BCUT2D eigenvalue weighted by Gasteiger charge is -2.38. The molecule has 6 nitrogen and oxygen atoms in total. The lowest BCUT2D eigenvalue weighted by Crippen LogP contribution is -2.50. The molecular weight excluding hydrogens is 304 g/mol. The van der Waals surface area contributed by atoms with Gasteiger partial charge in [0.2, 0.25) is 0 Å². The molecule has 1 saturated heterocycles. The van der Waals surface area contributed by atoms with Crippen LogP contribution in [0.25, 0.3) is 0 Å². The van der Waals surface area contributed by atoms with Crippen LogP contribution in [-0.2, 0) is 9.59 Å². The van der Waals surface area contributed by atoms with Crippen molar-refractivity contribution in [1.29, 1.82) is 0 Å². The van der Waals surface area contributed by atoms with E-state index in [1.807, 2.05) is 11.8 Å². The van der Waals surface area contributed by atoms with Crippen molar-refractivity contribution < 1.29 is 9.59 Å². The van der Waals surface area contributed by atoms with E-state index in [9.17, 15) is 9.59 Å². The zero-order valence-corrected chi connectivity index (χ0v) is 14.3.